The second-order valence-electron chi connectivity index (χ2n) is 8.18. The van der Waals surface area contributed by atoms with Crippen molar-refractivity contribution in [2.24, 2.45) is 23.7 Å². The highest BCUT2D eigenvalue weighted by Crippen LogP contribution is 2.40. The molecule has 1 heteroatoms. The van der Waals surface area contributed by atoms with Crippen molar-refractivity contribution in [1.82, 2.24) is 5.32 Å². The number of hydrogen-bond acceptors (Lipinski definition) is 1. The molecule has 0 heterocycles. The summed E-state index contributed by atoms with van der Waals surface area (Å²) in [7, 11) is 0. The van der Waals surface area contributed by atoms with Gasteiger partial charge >= 0.3 is 0 Å². The predicted molar refractivity (Wildman–Crippen MR) is 86.8 cm³/mol. The zero-order valence-electron chi connectivity index (χ0n) is 13.6. The maximum Gasteiger partial charge on any atom is 0.00699 e. The van der Waals surface area contributed by atoms with Crippen LogP contribution >= 0.6 is 0 Å². The Morgan fingerprint density at radius 1 is 0.800 bits per heavy atom. The maximum atomic E-state index is 3.91. The first kappa shape index (κ1) is 14.9. The van der Waals surface area contributed by atoms with Crippen LogP contribution in [0.2, 0.25) is 0 Å². The van der Waals surface area contributed by atoms with Crippen LogP contribution in [0.4, 0.5) is 0 Å². The largest absolute Gasteiger partial charge is 0.314 e. The number of hydrogen-bond donors (Lipinski definition) is 1. The summed E-state index contributed by atoms with van der Waals surface area (Å²) >= 11 is 0. The highest BCUT2D eigenvalue weighted by molar-refractivity contribution is 4.86. The van der Waals surface area contributed by atoms with Crippen molar-refractivity contribution in [2.45, 2.75) is 90.0 Å². The Balaban J connectivity index is 1.32. The van der Waals surface area contributed by atoms with Crippen LogP contribution in [0.3, 0.4) is 0 Å². The molecular weight excluding hydrogens is 242 g/mol. The Kier molecular flexibility index (Phi) is 5.42. The van der Waals surface area contributed by atoms with E-state index in [-0.39, 0.29) is 0 Å². The molecule has 3 aliphatic carbocycles. The third kappa shape index (κ3) is 4.00. The zero-order valence-corrected chi connectivity index (χ0v) is 13.6. The van der Waals surface area contributed by atoms with Crippen LogP contribution in [0.15, 0.2) is 0 Å². The standard InChI is InChI=1S/C19H35N/c1-15-6-8-16(9-7-15)12-13-20-19-11-10-17-4-2-3-5-18(17)14-19/h15-20H,2-14H2,1H3. The van der Waals surface area contributed by atoms with E-state index in [2.05, 4.69) is 12.2 Å². The monoisotopic (exact) mass is 277 g/mol. The fourth-order valence-electron chi connectivity index (χ4n) is 5.17. The summed E-state index contributed by atoms with van der Waals surface area (Å²) in [6, 6.07) is 0.858. The summed E-state index contributed by atoms with van der Waals surface area (Å²) < 4.78 is 0. The van der Waals surface area contributed by atoms with Crippen LogP contribution in [0.1, 0.15) is 84.0 Å². The summed E-state index contributed by atoms with van der Waals surface area (Å²) in [5.41, 5.74) is 0. The van der Waals surface area contributed by atoms with Gasteiger partial charge in [-0.25, -0.2) is 0 Å². The molecule has 3 aliphatic rings. The zero-order chi connectivity index (χ0) is 13.8. The topological polar surface area (TPSA) is 12.0 Å². The van der Waals surface area contributed by atoms with Crippen LogP contribution in [0.5, 0.6) is 0 Å². The van der Waals surface area contributed by atoms with Gasteiger partial charge in [-0.3, -0.25) is 0 Å². The van der Waals surface area contributed by atoms with Gasteiger partial charge in [0.1, 0.15) is 0 Å². The van der Waals surface area contributed by atoms with Gasteiger partial charge in [0.15, 0.2) is 0 Å². The van der Waals surface area contributed by atoms with Crippen molar-refractivity contribution in [1.29, 1.82) is 0 Å². The average molecular weight is 277 g/mol. The van der Waals surface area contributed by atoms with E-state index in [1.807, 2.05) is 0 Å². The average Bonchev–Trinajstić information content (AvgIpc) is 2.49. The van der Waals surface area contributed by atoms with E-state index < -0.39 is 0 Å². The fourth-order valence-corrected chi connectivity index (χ4v) is 5.17. The summed E-state index contributed by atoms with van der Waals surface area (Å²) in [6.07, 6.45) is 18.0. The van der Waals surface area contributed by atoms with E-state index in [0.29, 0.717) is 0 Å². The van der Waals surface area contributed by atoms with E-state index in [1.165, 1.54) is 83.6 Å². The number of nitrogens with one attached hydrogen (secondary N) is 1. The summed E-state index contributed by atoms with van der Waals surface area (Å²) in [4.78, 5) is 0. The van der Waals surface area contributed by atoms with Gasteiger partial charge in [0.25, 0.3) is 0 Å². The summed E-state index contributed by atoms with van der Waals surface area (Å²) in [5, 5.41) is 3.91. The van der Waals surface area contributed by atoms with Crippen LogP contribution in [0, 0.1) is 23.7 Å². The normalized spacial score (nSPS) is 42.1. The first-order chi connectivity index (χ1) is 9.81. The molecule has 0 amide bonds. The van der Waals surface area contributed by atoms with Crippen molar-refractivity contribution in [3.05, 3.63) is 0 Å². The van der Waals surface area contributed by atoms with Gasteiger partial charge in [0.05, 0.1) is 0 Å². The molecule has 0 radical (unpaired) electrons. The third-order valence-corrected chi connectivity index (χ3v) is 6.66. The Hall–Kier alpha value is -0.0400. The van der Waals surface area contributed by atoms with Gasteiger partial charge in [-0.05, 0) is 55.9 Å². The van der Waals surface area contributed by atoms with Crippen LogP contribution in [-0.4, -0.2) is 12.6 Å². The van der Waals surface area contributed by atoms with E-state index in [4.69, 9.17) is 0 Å². The van der Waals surface area contributed by atoms with E-state index >= 15 is 0 Å². The maximum absolute atomic E-state index is 3.91. The van der Waals surface area contributed by atoms with Gasteiger partial charge in [-0.2, -0.15) is 0 Å². The molecule has 0 spiro atoms. The minimum atomic E-state index is 0.858. The van der Waals surface area contributed by atoms with Crippen molar-refractivity contribution < 1.29 is 0 Å². The lowest BCUT2D eigenvalue weighted by Gasteiger charge is -2.39. The quantitative estimate of drug-likeness (QED) is 0.749. The first-order valence-corrected chi connectivity index (χ1v) is 9.54. The van der Waals surface area contributed by atoms with Crippen molar-refractivity contribution in [3.63, 3.8) is 0 Å². The molecule has 1 N–H and O–H groups in total. The first-order valence-electron chi connectivity index (χ1n) is 9.54. The molecule has 3 unspecified atom stereocenters. The van der Waals surface area contributed by atoms with Gasteiger partial charge in [-0.1, -0.05) is 58.3 Å². The van der Waals surface area contributed by atoms with Crippen LogP contribution in [0.25, 0.3) is 0 Å². The number of rotatable bonds is 4. The lowest BCUT2D eigenvalue weighted by molar-refractivity contribution is 0.142. The molecule has 3 atom stereocenters. The molecule has 116 valence electrons. The van der Waals surface area contributed by atoms with Gasteiger partial charge in [0.2, 0.25) is 0 Å². The van der Waals surface area contributed by atoms with Gasteiger partial charge in [0, 0.05) is 6.04 Å². The van der Waals surface area contributed by atoms with Gasteiger partial charge in [-0.15, -0.1) is 0 Å². The minimum Gasteiger partial charge on any atom is -0.314 e. The van der Waals surface area contributed by atoms with Crippen molar-refractivity contribution >= 4 is 0 Å². The highest BCUT2D eigenvalue weighted by atomic mass is 14.9. The van der Waals surface area contributed by atoms with Gasteiger partial charge < -0.3 is 5.32 Å². The highest BCUT2D eigenvalue weighted by Gasteiger charge is 2.31. The molecule has 0 aromatic heterocycles. The Morgan fingerprint density at radius 2 is 1.55 bits per heavy atom. The van der Waals surface area contributed by atoms with E-state index in [1.54, 1.807) is 0 Å². The second kappa shape index (κ2) is 7.29. The molecule has 20 heavy (non-hydrogen) atoms. The predicted octanol–water partition coefficient (Wildman–Crippen LogP) is 5.15. The second-order valence-corrected chi connectivity index (χ2v) is 8.18. The molecule has 3 fully saturated rings. The lowest BCUT2D eigenvalue weighted by atomic mass is 9.69. The van der Waals surface area contributed by atoms with E-state index in [0.717, 1.165) is 29.7 Å². The smallest absolute Gasteiger partial charge is 0.00699 e. The molecule has 0 aliphatic heterocycles. The molecule has 0 bridgehead atoms. The summed E-state index contributed by atoms with van der Waals surface area (Å²) in [5.74, 6) is 4.21. The molecule has 0 aromatic carbocycles. The third-order valence-electron chi connectivity index (χ3n) is 6.66. The number of fused-ring (bicyclic) bond motifs is 1. The lowest BCUT2D eigenvalue weighted by Crippen LogP contribution is -2.39. The fraction of sp³-hybridized carbons (Fsp3) is 1.00. The molecule has 0 aromatic rings. The Labute approximate surface area is 126 Å². The molecule has 1 nitrogen and oxygen atoms in total. The Bertz CT molecular complexity index is 279. The van der Waals surface area contributed by atoms with Crippen molar-refractivity contribution in [3.8, 4) is 0 Å². The molecular formula is C19H35N. The molecule has 0 saturated heterocycles. The van der Waals surface area contributed by atoms with E-state index in [9.17, 15) is 0 Å². The van der Waals surface area contributed by atoms with Crippen LogP contribution in [-0.2, 0) is 0 Å². The Morgan fingerprint density at radius 3 is 2.35 bits per heavy atom. The summed E-state index contributed by atoms with van der Waals surface area (Å²) in [6.45, 7) is 3.72. The SMILES string of the molecule is CC1CCC(CCNC2CCC3CCCCC3C2)CC1. The van der Waals surface area contributed by atoms with Crippen LogP contribution < -0.4 is 5.32 Å². The minimum absolute atomic E-state index is 0.858. The molecule has 3 saturated carbocycles. The van der Waals surface area contributed by atoms with Crippen molar-refractivity contribution in [2.75, 3.05) is 6.54 Å². The molecule has 3 rings (SSSR count).